The normalized spacial score (nSPS) is 19.2. The van der Waals surface area contributed by atoms with Gasteiger partial charge in [-0.25, -0.2) is 18.1 Å². The molecule has 0 aromatic heterocycles. The first-order chi connectivity index (χ1) is 20.6. The van der Waals surface area contributed by atoms with Gasteiger partial charge >= 0.3 is 0 Å². The number of rotatable bonds is 10. The zero-order valence-corrected chi connectivity index (χ0v) is 32.4. The van der Waals surface area contributed by atoms with Crippen molar-refractivity contribution < 1.29 is 37.0 Å². The van der Waals surface area contributed by atoms with Gasteiger partial charge in [0.2, 0.25) is 0 Å². The van der Waals surface area contributed by atoms with Crippen LogP contribution in [0.15, 0.2) is 9.53 Å². The van der Waals surface area contributed by atoms with Crippen molar-refractivity contribution in [3.63, 3.8) is 0 Å². The molecule has 0 saturated carbocycles. The monoisotopic (exact) mass is 738 g/mol. The summed E-state index contributed by atoms with van der Waals surface area (Å²) in [5, 5.41) is 0.627. The maximum absolute atomic E-state index is 5.90. The number of hydrogen-bond donors (Lipinski definition) is 0. The highest BCUT2D eigenvalue weighted by Crippen LogP contribution is 2.63. The zero-order valence-electron chi connectivity index (χ0n) is 27.4. The van der Waals surface area contributed by atoms with Crippen molar-refractivity contribution >= 4 is 74.2 Å². The first-order valence-electron chi connectivity index (χ1n) is 14.9. The van der Waals surface area contributed by atoms with Crippen LogP contribution in [-0.2, 0) is 86.8 Å². The van der Waals surface area contributed by atoms with Crippen LogP contribution in [0.2, 0.25) is 0 Å². The predicted molar refractivity (Wildman–Crippen MR) is 189 cm³/mol. The van der Waals surface area contributed by atoms with Crippen LogP contribution >= 0.6 is 14.1 Å². The van der Waals surface area contributed by atoms with Crippen molar-refractivity contribution in [2.75, 3.05) is 79.0 Å². The van der Waals surface area contributed by atoms with Crippen molar-refractivity contribution in [3.05, 3.63) is 0 Å². The maximum Gasteiger partial charge on any atom is 0.277 e. The third kappa shape index (κ3) is 20.1. The number of ether oxygens (including phenoxy) is 4. The van der Waals surface area contributed by atoms with E-state index in [4.69, 9.17) is 86.8 Å². The Labute approximate surface area is 288 Å². The molecule has 1 fully saturated rings. The van der Waals surface area contributed by atoms with E-state index in [2.05, 4.69) is 9.53 Å². The Morgan fingerprint density at radius 1 is 0.500 bits per heavy atom. The van der Waals surface area contributed by atoms with Gasteiger partial charge in [0, 0.05) is 36.5 Å². The summed E-state index contributed by atoms with van der Waals surface area (Å²) < 4.78 is 56.0. The Morgan fingerprint density at radius 3 is 0.932 bits per heavy atom. The lowest BCUT2D eigenvalue weighted by atomic mass is 10.5. The highest BCUT2D eigenvalue weighted by Gasteiger charge is 2.31. The molecule has 0 unspecified atom stereocenters. The van der Waals surface area contributed by atoms with Crippen LogP contribution < -0.4 is 0 Å². The van der Waals surface area contributed by atoms with Crippen LogP contribution in [0, 0.1) is 0 Å². The Kier molecular flexibility index (Phi) is 22.3. The van der Waals surface area contributed by atoms with Gasteiger partial charge in [-0.2, -0.15) is 0 Å². The lowest BCUT2D eigenvalue weighted by Gasteiger charge is -2.34. The van der Waals surface area contributed by atoms with Crippen LogP contribution in [-0.4, -0.2) is 124 Å². The molecule has 0 aromatic rings. The van der Waals surface area contributed by atoms with Gasteiger partial charge in [0.25, 0.3) is 14.1 Å². The summed E-state index contributed by atoms with van der Waals surface area (Å²) in [4.78, 5) is 3.79. The lowest BCUT2D eigenvalue weighted by molar-refractivity contribution is 0.0221. The topological polar surface area (TPSA) is 105 Å². The molecule has 0 atom stereocenters. The third-order valence-electron chi connectivity index (χ3n) is 5.10. The molecule has 12 nitrogen and oxygen atoms in total. The van der Waals surface area contributed by atoms with E-state index < -0.39 is 14.1 Å². The fourth-order valence-corrected chi connectivity index (χ4v) is 10.4. The van der Waals surface area contributed by atoms with E-state index in [1.165, 1.54) is 0 Å². The zero-order chi connectivity index (χ0) is 33.2. The largest absolute Gasteiger partial charge is 0.739 e. The van der Waals surface area contributed by atoms with Crippen LogP contribution in [0.5, 0.6) is 0 Å². The molecule has 0 spiro atoms. The molecule has 0 bridgehead atoms. The Bertz CT molecular complexity index is 744. The van der Waals surface area contributed by atoms with Crippen molar-refractivity contribution in [3.8, 4) is 0 Å². The van der Waals surface area contributed by atoms with E-state index in [-0.39, 0.29) is 24.4 Å². The minimum atomic E-state index is -2.97. The molecule has 260 valence electrons. The van der Waals surface area contributed by atoms with E-state index in [9.17, 15) is 0 Å². The minimum absolute atomic E-state index is 0.148. The Balaban J connectivity index is 2.86. The molecule has 1 saturated heterocycles. The number of hydrogen-bond acceptors (Lipinski definition) is 14. The summed E-state index contributed by atoms with van der Waals surface area (Å²) in [5.41, 5.74) is 0. The molecule has 1 heterocycles. The summed E-state index contributed by atoms with van der Waals surface area (Å²) >= 11 is 22.7. The first kappa shape index (κ1) is 42.6. The van der Waals surface area contributed by atoms with Gasteiger partial charge in [0.1, 0.15) is 0 Å². The quantitative estimate of drug-likeness (QED) is 0.135. The van der Waals surface area contributed by atoms with E-state index in [0.717, 1.165) is 0 Å². The highest BCUT2D eigenvalue weighted by molar-refractivity contribution is 8.38. The molecule has 0 aliphatic carbocycles. The van der Waals surface area contributed by atoms with E-state index >= 15 is 0 Å². The Hall–Kier alpha value is 0.620. The Morgan fingerprint density at radius 2 is 0.727 bits per heavy atom. The number of amidine groups is 2. The van der Waals surface area contributed by atoms with Crippen LogP contribution in [0.25, 0.3) is 0 Å². The second-order valence-corrected chi connectivity index (χ2v) is 17.4. The minimum Gasteiger partial charge on any atom is -0.739 e. The molecule has 0 radical (unpaired) electrons. The second-order valence-electron chi connectivity index (χ2n) is 10.7. The molecule has 1 aliphatic heterocycles. The van der Waals surface area contributed by atoms with E-state index in [0.29, 0.717) is 89.4 Å². The molecule has 44 heavy (non-hydrogen) atoms. The predicted octanol–water partition coefficient (Wildman–Crippen LogP) is 4.63. The molecular formula is C26H52N4O8P2S4-2. The molecular weight excluding hydrogens is 687 g/mol. The van der Waals surface area contributed by atoms with Gasteiger partial charge in [-0.3, -0.25) is 0 Å². The molecule has 1 aliphatic rings. The van der Waals surface area contributed by atoms with Crippen molar-refractivity contribution in [1.82, 2.24) is 9.80 Å². The summed E-state index contributed by atoms with van der Waals surface area (Å²) in [6.45, 7) is 20.4. The average molecular weight is 739 g/mol. The van der Waals surface area contributed by atoms with Crippen LogP contribution in [0.1, 0.15) is 55.4 Å². The molecule has 0 aromatic carbocycles. The average Bonchev–Trinajstić information content (AvgIpc) is 2.85. The second kappa shape index (κ2) is 23.1. The maximum atomic E-state index is 5.90. The third-order valence-corrected chi connectivity index (χ3v) is 11.2. The lowest BCUT2D eigenvalue weighted by Crippen LogP contribution is -2.37. The molecule has 0 N–H and O–H groups in total. The van der Waals surface area contributed by atoms with Gasteiger partial charge in [-0.1, -0.05) is 9.53 Å². The van der Waals surface area contributed by atoms with Gasteiger partial charge in [-0.15, -0.1) is 0 Å². The van der Waals surface area contributed by atoms with Crippen LogP contribution in [0.3, 0.4) is 0 Å². The first-order valence-corrected chi connectivity index (χ1v) is 20.9. The van der Waals surface area contributed by atoms with Gasteiger partial charge < -0.3 is 78.5 Å². The van der Waals surface area contributed by atoms with Crippen molar-refractivity contribution in [2.24, 2.45) is 9.53 Å². The molecule has 1 rings (SSSR count). The standard InChI is InChI=1S/C26H54N4O8P2S4/c1-21(2)35-39(43,36-22(3)4)27-25(41)29-9-13-31-17-19-33-15-11-30(12-16-34-20-18-32-14-10-29)26(42)28-40(44,37-23(5)6)38-24(7)8/h21-24H,9-20H2,1-8H3,(H,27,41,43)(H,28,42,44)/p-2. The smallest absolute Gasteiger partial charge is 0.277 e. The van der Waals surface area contributed by atoms with Crippen molar-refractivity contribution in [1.29, 1.82) is 0 Å². The van der Waals surface area contributed by atoms with Crippen molar-refractivity contribution in [2.45, 2.75) is 79.8 Å². The van der Waals surface area contributed by atoms with Crippen LogP contribution in [0.4, 0.5) is 0 Å². The molecule has 0 amide bonds. The SMILES string of the molecule is CC(C)O[P+]([S-])(N=C([S-])N1CCOCCOCCN(C([S-])=N[P+]([S-])(OC(C)C)OC(C)C)CCOCCOCC1)OC(C)C. The van der Waals surface area contributed by atoms with Gasteiger partial charge in [0.15, 0.2) is 0 Å². The number of nitrogens with zero attached hydrogens (tertiary/aromatic N) is 4. The fraction of sp³-hybridized carbons (Fsp3) is 0.923. The van der Waals surface area contributed by atoms with Gasteiger partial charge in [0.05, 0.1) is 77.3 Å². The summed E-state index contributed by atoms with van der Waals surface area (Å²) in [5.74, 6) is 0. The molecule has 18 heteroatoms. The highest BCUT2D eigenvalue weighted by atomic mass is 32.7. The summed E-state index contributed by atoms with van der Waals surface area (Å²) in [6.07, 6.45) is -0.594. The van der Waals surface area contributed by atoms with E-state index in [1.807, 2.05) is 65.2 Å². The fourth-order valence-electron chi connectivity index (χ4n) is 3.49. The summed E-state index contributed by atoms with van der Waals surface area (Å²) in [6, 6.07) is 0. The van der Waals surface area contributed by atoms with Gasteiger partial charge in [-0.05, 0) is 55.4 Å². The van der Waals surface area contributed by atoms with E-state index in [1.54, 1.807) is 0 Å². The summed E-state index contributed by atoms with van der Waals surface area (Å²) in [7, 11) is -5.94.